The summed E-state index contributed by atoms with van der Waals surface area (Å²) in [6.45, 7) is 0.146. The predicted octanol–water partition coefficient (Wildman–Crippen LogP) is -3.71. The molecule has 0 fully saturated rings. The first kappa shape index (κ1) is 12.7. The normalized spacial score (nSPS) is 8.50. The Morgan fingerprint density at radius 3 is 2.30 bits per heavy atom. The van der Waals surface area contributed by atoms with Crippen LogP contribution in [0.25, 0.3) is 0 Å². The van der Waals surface area contributed by atoms with Gasteiger partial charge >= 0.3 is 18.9 Å². The van der Waals surface area contributed by atoms with Crippen molar-refractivity contribution in [3.63, 3.8) is 0 Å². The summed E-state index contributed by atoms with van der Waals surface area (Å²) in [7, 11) is 0. The van der Waals surface area contributed by atoms with Crippen LogP contribution in [0.15, 0.2) is 0 Å². The van der Waals surface area contributed by atoms with E-state index in [9.17, 15) is 9.90 Å². The Labute approximate surface area is 72.6 Å². The molecule has 0 unspecified atom stereocenters. The number of unbranched alkanes of at least 4 members (excludes halogenated alkanes) is 2. The molecule has 0 aliphatic heterocycles. The molecular formula is C6H11LiO3. The fourth-order valence-corrected chi connectivity index (χ4v) is 0.558. The average Bonchev–Trinajstić information content (AvgIpc) is 1.80. The van der Waals surface area contributed by atoms with Crippen molar-refractivity contribution in [1.82, 2.24) is 0 Å². The van der Waals surface area contributed by atoms with Gasteiger partial charge in [0.25, 0.3) is 0 Å². The van der Waals surface area contributed by atoms with Gasteiger partial charge in [-0.2, -0.15) is 0 Å². The van der Waals surface area contributed by atoms with E-state index in [2.05, 4.69) is 0 Å². The number of rotatable bonds is 5. The third kappa shape index (κ3) is 10.9. The van der Waals surface area contributed by atoms with Gasteiger partial charge in [-0.1, -0.05) is 6.42 Å². The van der Waals surface area contributed by atoms with E-state index in [4.69, 9.17) is 5.11 Å². The number of carbonyl (C=O) groups excluding carboxylic acids is 1. The van der Waals surface area contributed by atoms with Crippen LogP contribution < -0.4 is 24.0 Å². The quantitative estimate of drug-likeness (QED) is 0.314. The second-order valence-electron chi connectivity index (χ2n) is 1.91. The zero-order valence-corrected chi connectivity index (χ0v) is 6.30. The van der Waals surface area contributed by atoms with Crippen LogP contribution in [-0.4, -0.2) is 17.7 Å². The van der Waals surface area contributed by atoms with E-state index >= 15 is 0 Å². The maximum atomic E-state index is 9.79. The van der Waals surface area contributed by atoms with E-state index in [1.165, 1.54) is 0 Å². The van der Waals surface area contributed by atoms with Crippen LogP contribution in [0, 0.1) is 0 Å². The van der Waals surface area contributed by atoms with E-state index in [0.717, 1.165) is 6.42 Å². The number of aliphatic carboxylic acids is 1. The Morgan fingerprint density at radius 1 is 1.30 bits per heavy atom. The first-order chi connectivity index (χ1) is 4.27. The van der Waals surface area contributed by atoms with Crippen molar-refractivity contribution in [2.75, 3.05) is 6.61 Å². The molecule has 0 atom stereocenters. The number of hydrogen-bond donors (Lipinski definition) is 1. The Kier molecular flexibility index (Phi) is 11.4. The van der Waals surface area contributed by atoms with Gasteiger partial charge in [0.2, 0.25) is 0 Å². The molecule has 0 rings (SSSR count). The van der Waals surface area contributed by atoms with Crippen LogP contribution in [0.3, 0.4) is 0 Å². The maximum Gasteiger partial charge on any atom is 1.00 e. The molecule has 0 aromatic carbocycles. The van der Waals surface area contributed by atoms with Gasteiger partial charge in [0.15, 0.2) is 0 Å². The molecule has 0 amide bonds. The molecule has 0 aliphatic rings. The van der Waals surface area contributed by atoms with E-state index < -0.39 is 5.97 Å². The van der Waals surface area contributed by atoms with E-state index in [1.807, 2.05) is 0 Å². The van der Waals surface area contributed by atoms with Crippen LogP contribution >= 0.6 is 0 Å². The average molecular weight is 138 g/mol. The van der Waals surface area contributed by atoms with Gasteiger partial charge in [0.1, 0.15) is 0 Å². The van der Waals surface area contributed by atoms with Crippen LogP contribution in [0.1, 0.15) is 25.7 Å². The number of carboxylic acid groups (broad SMARTS) is 1. The minimum absolute atomic E-state index is 0. The number of carboxylic acids is 1. The Hall–Kier alpha value is 0.0274. The van der Waals surface area contributed by atoms with E-state index in [-0.39, 0.29) is 31.9 Å². The zero-order valence-electron chi connectivity index (χ0n) is 6.30. The maximum absolute atomic E-state index is 9.79. The molecule has 10 heavy (non-hydrogen) atoms. The minimum Gasteiger partial charge on any atom is -0.550 e. The smallest absolute Gasteiger partial charge is 0.550 e. The van der Waals surface area contributed by atoms with E-state index in [0.29, 0.717) is 12.8 Å². The third-order valence-corrected chi connectivity index (χ3v) is 1.04. The first-order valence-corrected chi connectivity index (χ1v) is 3.08. The monoisotopic (exact) mass is 138 g/mol. The first-order valence-electron chi connectivity index (χ1n) is 3.08. The van der Waals surface area contributed by atoms with E-state index in [1.54, 1.807) is 0 Å². The van der Waals surface area contributed by atoms with Crippen molar-refractivity contribution < 1.29 is 33.9 Å². The summed E-state index contributed by atoms with van der Waals surface area (Å²) in [5, 5.41) is 18.1. The van der Waals surface area contributed by atoms with Crippen molar-refractivity contribution in [3.8, 4) is 0 Å². The number of carbonyl (C=O) groups is 1. The van der Waals surface area contributed by atoms with Crippen molar-refractivity contribution >= 4 is 5.97 Å². The van der Waals surface area contributed by atoms with Gasteiger partial charge in [-0.25, -0.2) is 0 Å². The third-order valence-electron chi connectivity index (χ3n) is 1.04. The fourth-order valence-electron chi connectivity index (χ4n) is 0.558. The summed E-state index contributed by atoms with van der Waals surface area (Å²) in [5.74, 6) is -1.01. The molecule has 0 radical (unpaired) electrons. The molecule has 0 bridgehead atoms. The molecule has 3 nitrogen and oxygen atoms in total. The predicted molar refractivity (Wildman–Crippen MR) is 30.6 cm³/mol. The second kappa shape index (κ2) is 9.03. The number of aliphatic hydroxyl groups excluding tert-OH is 1. The molecule has 0 saturated heterocycles. The molecule has 0 aliphatic carbocycles. The number of hydrogen-bond acceptors (Lipinski definition) is 3. The second-order valence-corrected chi connectivity index (χ2v) is 1.91. The summed E-state index contributed by atoms with van der Waals surface area (Å²) < 4.78 is 0. The molecule has 0 heterocycles. The van der Waals surface area contributed by atoms with Crippen molar-refractivity contribution in [2.45, 2.75) is 25.7 Å². The summed E-state index contributed by atoms with van der Waals surface area (Å²) in [6, 6.07) is 0. The van der Waals surface area contributed by atoms with Crippen LogP contribution in [-0.2, 0) is 4.79 Å². The van der Waals surface area contributed by atoms with Gasteiger partial charge in [-0.05, 0) is 19.3 Å². The molecule has 54 valence electrons. The molecule has 0 aromatic heterocycles. The Balaban J connectivity index is 0. The minimum atomic E-state index is -1.01. The molecular weight excluding hydrogens is 127 g/mol. The molecule has 4 heteroatoms. The Morgan fingerprint density at radius 2 is 1.90 bits per heavy atom. The SMILES string of the molecule is O=C([O-])CCCCCO.[Li+]. The van der Waals surface area contributed by atoms with Crippen molar-refractivity contribution in [1.29, 1.82) is 0 Å². The van der Waals surface area contributed by atoms with Gasteiger partial charge in [0, 0.05) is 12.6 Å². The van der Waals surface area contributed by atoms with Crippen molar-refractivity contribution in [2.24, 2.45) is 0 Å². The van der Waals surface area contributed by atoms with Crippen LogP contribution in [0.4, 0.5) is 0 Å². The molecule has 0 saturated carbocycles. The summed E-state index contributed by atoms with van der Waals surface area (Å²) in [6.07, 6.45) is 2.18. The summed E-state index contributed by atoms with van der Waals surface area (Å²) in [4.78, 5) is 9.79. The topological polar surface area (TPSA) is 60.4 Å². The standard InChI is InChI=1S/C6H12O3.Li/c7-5-3-1-2-4-6(8)9;/h7H,1-5H2,(H,8,9);/q;+1/p-1. The summed E-state index contributed by atoms with van der Waals surface area (Å²) >= 11 is 0. The zero-order chi connectivity index (χ0) is 7.11. The Bertz CT molecular complexity index is 85.1. The molecule has 0 spiro atoms. The summed E-state index contributed by atoms with van der Waals surface area (Å²) in [5.41, 5.74) is 0. The van der Waals surface area contributed by atoms with Gasteiger partial charge in [-0.3, -0.25) is 0 Å². The van der Waals surface area contributed by atoms with Crippen LogP contribution in [0.2, 0.25) is 0 Å². The van der Waals surface area contributed by atoms with Gasteiger partial charge in [-0.15, -0.1) is 0 Å². The molecule has 0 aromatic rings. The van der Waals surface area contributed by atoms with Crippen molar-refractivity contribution in [3.05, 3.63) is 0 Å². The number of aliphatic hydroxyl groups is 1. The van der Waals surface area contributed by atoms with Gasteiger partial charge in [0.05, 0.1) is 0 Å². The van der Waals surface area contributed by atoms with Crippen LogP contribution in [0.5, 0.6) is 0 Å². The fraction of sp³-hybridized carbons (Fsp3) is 0.833. The largest absolute Gasteiger partial charge is 1.00 e. The molecule has 1 N–H and O–H groups in total. The van der Waals surface area contributed by atoms with Gasteiger partial charge < -0.3 is 15.0 Å².